The van der Waals surface area contributed by atoms with Gasteiger partial charge in [-0.1, -0.05) is 6.42 Å². The summed E-state index contributed by atoms with van der Waals surface area (Å²) < 4.78 is 24.4. The van der Waals surface area contributed by atoms with E-state index in [-0.39, 0.29) is 10.8 Å². The van der Waals surface area contributed by atoms with Crippen LogP contribution in [0.15, 0.2) is 0 Å². The van der Waals surface area contributed by atoms with E-state index in [9.17, 15) is 8.42 Å². The molecule has 1 saturated carbocycles. The van der Waals surface area contributed by atoms with Gasteiger partial charge in [-0.05, 0) is 33.7 Å². The molecule has 20 heavy (non-hydrogen) atoms. The second kappa shape index (κ2) is 5.55. The first-order valence-electron chi connectivity index (χ1n) is 7.58. The standard InChI is InChI=1S/C14H29N3O2S/c1-11-8-17(9-12(2)16(11)3)14(10-15)7-5-6-13(14)20(4,18)19/h11-13H,5-10,15H2,1-4H3. The Morgan fingerprint density at radius 2 is 1.80 bits per heavy atom. The maximum Gasteiger partial charge on any atom is 0.152 e. The van der Waals surface area contributed by atoms with Crippen LogP contribution in [0.3, 0.4) is 0 Å². The van der Waals surface area contributed by atoms with Crippen molar-refractivity contribution in [1.29, 1.82) is 0 Å². The fourth-order valence-corrected chi connectivity index (χ4v) is 5.88. The summed E-state index contributed by atoms with van der Waals surface area (Å²) in [6, 6.07) is 0.867. The van der Waals surface area contributed by atoms with Gasteiger partial charge in [0.2, 0.25) is 0 Å². The number of likely N-dealkylation sites (N-methyl/N-ethyl adjacent to an activating group) is 1. The number of piperazine rings is 1. The lowest BCUT2D eigenvalue weighted by atomic mass is 9.91. The number of rotatable bonds is 3. The molecule has 0 spiro atoms. The quantitative estimate of drug-likeness (QED) is 0.812. The molecule has 1 aliphatic heterocycles. The molecule has 1 saturated heterocycles. The summed E-state index contributed by atoms with van der Waals surface area (Å²) >= 11 is 0. The minimum Gasteiger partial charge on any atom is -0.329 e. The molecule has 5 nitrogen and oxygen atoms in total. The highest BCUT2D eigenvalue weighted by Crippen LogP contribution is 2.40. The van der Waals surface area contributed by atoms with Gasteiger partial charge in [-0.25, -0.2) is 8.42 Å². The summed E-state index contributed by atoms with van der Waals surface area (Å²) in [5.74, 6) is 0. The Morgan fingerprint density at radius 3 is 2.25 bits per heavy atom. The van der Waals surface area contributed by atoms with Gasteiger partial charge in [-0.2, -0.15) is 0 Å². The zero-order chi connectivity index (χ0) is 15.1. The third-order valence-electron chi connectivity index (χ3n) is 5.54. The molecule has 2 N–H and O–H groups in total. The third kappa shape index (κ3) is 2.63. The van der Waals surface area contributed by atoms with Gasteiger partial charge in [-0.3, -0.25) is 9.80 Å². The molecule has 0 aromatic heterocycles. The molecule has 1 heterocycles. The van der Waals surface area contributed by atoms with Gasteiger partial charge in [-0.15, -0.1) is 0 Å². The summed E-state index contributed by atoms with van der Waals surface area (Å²) in [6.45, 7) is 6.66. The summed E-state index contributed by atoms with van der Waals surface area (Å²) in [5, 5.41) is -0.303. The van der Waals surface area contributed by atoms with Crippen LogP contribution in [0.2, 0.25) is 0 Å². The Balaban J connectivity index is 2.31. The van der Waals surface area contributed by atoms with Crippen molar-refractivity contribution < 1.29 is 8.42 Å². The van der Waals surface area contributed by atoms with E-state index in [0.29, 0.717) is 18.6 Å². The highest BCUT2D eigenvalue weighted by molar-refractivity contribution is 7.91. The molecule has 0 bridgehead atoms. The van der Waals surface area contributed by atoms with Crippen LogP contribution in [-0.4, -0.2) is 74.0 Å². The fraction of sp³-hybridized carbons (Fsp3) is 1.00. The van der Waals surface area contributed by atoms with Crippen LogP contribution in [-0.2, 0) is 9.84 Å². The highest BCUT2D eigenvalue weighted by atomic mass is 32.2. The maximum absolute atomic E-state index is 12.2. The minimum atomic E-state index is -3.06. The molecule has 1 aliphatic carbocycles. The molecule has 4 atom stereocenters. The average Bonchev–Trinajstić information content (AvgIpc) is 2.80. The maximum atomic E-state index is 12.2. The van der Waals surface area contributed by atoms with Crippen molar-refractivity contribution in [2.45, 2.75) is 56.0 Å². The zero-order valence-electron chi connectivity index (χ0n) is 13.2. The van der Waals surface area contributed by atoms with E-state index in [1.54, 1.807) is 0 Å². The molecule has 2 fully saturated rings. The number of hydrogen-bond acceptors (Lipinski definition) is 5. The fourth-order valence-electron chi connectivity index (χ4n) is 4.13. The van der Waals surface area contributed by atoms with Crippen molar-refractivity contribution in [2.24, 2.45) is 5.73 Å². The monoisotopic (exact) mass is 303 g/mol. The van der Waals surface area contributed by atoms with Crippen LogP contribution in [0.25, 0.3) is 0 Å². The Hall–Kier alpha value is -0.170. The largest absolute Gasteiger partial charge is 0.329 e. The van der Waals surface area contributed by atoms with E-state index < -0.39 is 9.84 Å². The van der Waals surface area contributed by atoms with Crippen LogP contribution < -0.4 is 5.73 Å². The molecular formula is C14H29N3O2S. The number of sulfone groups is 1. The third-order valence-corrected chi connectivity index (χ3v) is 7.24. The average molecular weight is 303 g/mol. The van der Waals surface area contributed by atoms with E-state index in [4.69, 9.17) is 5.73 Å². The predicted octanol–water partition coefficient (Wildman–Crippen LogP) is 0.305. The van der Waals surface area contributed by atoms with E-state index >= 15 is 0 Å². The van der Waals surface area contributed by atoms with Crippen LogP contribution in [0.1, 0.15) is 33.1 Å². The number of nitrogens with zero attached hydrogens (tertiary/aromatic N) is 2. The first-order valence-corrected chi connectivity index (χ1v) is 9.54. The van der Waals surface area contributed by atoms with E-state index in [1.807, 2.05) is 0 Å². The molecule has 2 aliphatic rings. The first-order chi connectivity index (χ1) is 9.22. The van der Waals surface area contributed by atoms with E-state index in [1.165, 1.54) is 6.26 Å². The summed E-state index contributed by atoms with van der Waals surface area (Å²) in [7, 11) is -0.912. The first kappa shape index (κ1) is 16.2. The highest BCUT2D eigenvalue weighted by Gasteiger charge is 2.52. The van der Waals surface area contributed by atoms with Gasteiger partial charge in [0.05, 0.1) is 5.25 Å². The van der Waals surface area contributed by atoms with Crippen LogP contribution >= 0.6 is 0 Å². The molecule has 0 aromatic carbocycles. The molecule has 6 heteroatoms. The van der Waals surface area contributed by atoms with Crippen molar-refractivity contribution in [2.75, 3.05) is 32.9 Å². The van der Waals surface area contributed by atoms with Gasteiger partial charge in [0, 0.05) is 43.5 Å². The number of nitrogens with two attached hydrogens (primary N) is 1. The van der Waals surface area contributed by atoms with E-state index in [0.717, 1.165) is 32.4 Å². The van der Waals surface area contributed by atoms with Crippen molar-refractivity contribution in [3.63, 3.8) is 0 Å². The van der Waals surface area contributed by atoms with E-state index in [2.05, 4.69) is 30.7 Å². The van der Waals surface area contributed by atoms with Crippen molar-refractivity contribution in [3.05, 3.63) is 0 Å². The lowest BCUT2D eigenvalue weighted by Crippen LogP contribution is -2.67. The normalized spacial score (nSPS) is 41.1. The lowest BCUT2D eigenvalue weighted by Gasteiger charge is -2.52. The van der Waals surface area contributed by atoms with Crippen LogP contribution in [0.4, 0.5) is 0 Å². The second-order valence-corrected chi connectivity index (χ2v) is 9.01. The van der Waals surface area contributed by atoms with Crippen LogP contribution in [0, 0.1) is 0 Å². The predicted molar refractivity (Wildman–Crippen MR) is 82.5 cm³/mol. The zero-order valence-corrected chi connectivity index (χ0v) is 14.0. The van der Waals surface area contributed by atoms with Gasteiger partial charge in [0.1, 0.15) is 0 Å². The SMILES string of the molecule is CC1CN(C2(CN)CCCC2S(C)(=O)=O)CC(C)N1C. The molecule has 0 radical (unpaired) electrons. The lowest BCUT2D eigenvalue weighted by molar-refractivity contribution is -0.00584. The minimum absolute atomic E-state index is 0.303. The van der Waals surface area contributed by atoms with Gasteiger partial charge in [0.25, 0.3) is 0 Å². The summed E-state index contributed by atoms with van der Waals surface area (Å²) in [5.41, 5.74) is 5.74. The second-order valence-electron chi connectivity index (χ2n) is 6.79. The van der Waals surface area contributed by atoms with Gasteiger partial charge >= 0.3 is 0 Å². The van der Waals surface area contributed by atoms with Crippen LogP contribution in [0.5, 0.6) is 0 Å². The molecule has 2 rings (SSSR count). The smallest absolute Gasteiger partial charge is 0.152 e. The topological polar surface area (TPSA) is 66.6 Å². The van der Waals surface area contributed by atoms with Gasteiger partial charge < -0.3 is 5.73 Å². The molecule has 4 unspecified atom stereocenters. The molecule has 0 aromatic rings. The Kier molecular flexibility index (Phi) is 4.50. The van der Waals surface area contributed by atoms with Gasteiger partial charge in [0.15, 0.2) is 9.84 Å². The molecule has 118 valence electrons. The number of hydrogen-bond donors (Lipinski definition) is 1. The molecule has 0 amide bonds. The summed E-state index contributed by atoms with van der Waals surface area (Å²) in [4.78, 5) is 4.74. The Morgan fingerprint density at radius 1 is 1.25 bits per heavy atom. The van der Waals surface area contributed by atoms with Crippen molar-refractivity contribution in [3.8, 4) is 0 Å². The van der Waals surface area contributed by atoms with Crippen molar-refractivity contribution in [1.82, 2.24) is 9.80 Å². The van der Waals surface area contributed by atoms with Crippen molar-refractivity contribution >= 4 is 9.84 Å². The summed E-state index contributed by atoms with van der Waals surface area (Å²) in [6.07, 6.45) is 4.00. The molecular weight excluding hydrogens is 274 g/mol. The Labute approximate surface area is 123 Å². The Bertz CT molecular complexity index is 441.